The Morgan fingerprint density at radius 2 is 1.62 bits per heavy atom. The molecule has 1 unspecified atom stereocenters. The number of carbonyl (C=O) groups is 1. The highest BCUT2D eigenvalue weighted by atomic mass is 16.5. The Kier molecular flexibility index (Phi) is 7.17. The summed E-state index contributed by atoms with van der Waals surface area (Å²) in [6.07, 6.45) is 5.78. The van der Waals surface area contributed by atoms with Crippen LogP contribution in [-0.2, 0) is 11.2 Å². The lowest BCUT2D eigenvalue weighted by atomic mass is 9.81. The van der Waals surface area contributed by atoms with E-state index in [-0.39, 0.29) is 11.8 Å². The number of carbonyl (C=O) groups excluding carboxylic acids is 1. The lowest BCUT2D eigenvalue weighted by molar-refractivity contribution is -0.615. The van der Waals surface area contributed by atoms with Crippen molar-refractivity contribution in [1.82, 2.24) is 5.32 Å². The van der Waals surface area contributed by atoms with Gasteiger partial charge in [-0.2, -0.15) is 4.73 Å². The van der Waals surface area contributed by atoms with Gasteiger partial charge in [0.2, 0.25) is 11.6 Å². The Hall–Kier alpha value is -3.18. The van der Waals surface area contributed by atoms with Gasteiger partial charge in [0.15, 0.2) is 6.20 Å². The summed E-state index contributed by atoms with van der Waals surface area (Å²) in [5.74, 6) is 0.533. The van der Waals surface area contributed by atoms with Gasteiger partial charge in [0.25, 0.3) is 0 Å². The Bertz CT molecular complexity index is 1020. The van der Waals surface area contributed by atoms with Crippen LogP contribution in [0.25, 0.3) is 11.1 Å². The van der Waals surface area contributed by atoms with Crippen LogP contribution in [0.1, 0.15) is 43.0 Å². The van der Waals surface area contributed by atoms with E-state index in [4.69, 9.17) is 5.73 Å². The van der Waals surface area contributed by atoms with E-state index in [1.54, 1.807) is 0 Å². The number of aromatic nitrogens is 1. The second-order valence-corrected chi connectivity index (χ2v) is 8.74. The zero-order chi connectivity index (χ0) is 22.3. The van der Waals surface area contributed by atoms with Crippen molar-refractivity contribution in [2.24, 2.45) is 17.6 Å². The summed E-state index contributed by atoms with van der Waals surface area (Å²) in [6.45, 7) is 0.688. The quantitative estimate of drug-likeness (QED) is 0.437. The van der Waals surface area contributed by atoms with Gasteiger partial charge in [-0.25, -0.2) is 0 Å². The van der Waals surface area contributed by atoms with Crippen LogP contribution in [0.15, 0.2) is 79.0 Å². The van der Waals surface area contributed by atoms with E-state index in [0.29, 0.717) is 24.6 Å². The first-order valence-electron chi connectivity index (χ1n) is 11.5. The van der Waals surface area contributed by atoms with Gasteiger partial charge in [-0.05, 0) is 54.8 Å². The maximum atomic E-state index is 13.2. The Balaban J connectivity index is 1.60. The molecule has 4 rings (SSSR count). The second-order valence-electron chi connectivity index (χ2n) is 8.74. The van der Waals surface area contributed by atoms with Crippen LogP contribution in [0.5, 0.6) is 0 Å². The molecule has 166 valence electrons. The molecule has 0 bridgehead atoms. The van der Waals surface area contributed by atoms with Crippen LogP contribution < -0.4 is 15.8 Å². The largest absolute Gasteiger partial charge is 0.618 e. The van der Waals surface area contributed by atoms with Crippen molar-refractivity contribution in [3.8, 4) is 11.1 Å². The van der Waals surface area contributed by atoms with Gasteiger partial charge in [-0.3, -0.25) is 4.79 Å². The van der Waals surface area contributed by atoms with E-state index in [2.05, 4.69) is 5.32 Å². The highest BCUT2D eigenvalue weighted by Crippen LogP contribution is 2.29. The number of nitrogens with one attached hydrogen (secondary N) is 1. The standard InChI is InChI=1S/C27H31N3O2/c28-19-21-11-13-23(14-12-21)27(31)29-25(17-20-7-3-1-4-8-20)26-18-24(15-16-30(26)32)22-9-5-2-6-10-22/h1-10,15-16,18,21,23,25H,11-14,17,19,28H2,(H,29,31). The predicted octanol–water partition coefficient (Wildman–Crippen LogP) is 4.15. The fourth-order valence-electron chi connectivity index (χ4n) is 4.60. The molecule has 5 heteroatoms. The minimum absolute atomic E-state index is 0.0199. The van der Waals surface area contributed by atoms with Gasteiger partial charge in [-0.1, -0.05) is 60.7 Å². The first-order chi connectivity index (χ1) is 15.6. The summed E-state index contributed by atoms with van der Waals surface area (Å²) in [4.78, 5) is 13.2. The second kappa shape index (κ2) is 10.4. The number of hydrogen-bond donors (Lipinski definition) is 2. The summed E-state index contributed by atoms with van der Waals surface area (Å²) >= 11 is 0. The maximum absolute atomic E-state index is 13.2. The highest BCUT2D eigenvalue weighted by Gasteiger charge is 2.30. The number of nitrogens with two attached hydrogens (primary N) is 1. The molecule has 0 spiro atoms. The van der Waals surface area contributed by atoms with Gasteiger partial charge >= 0.3 is 0 Å². The first-order valence-corrected chi connectivity index (χ1v) is 11.5. The molecule has 0 radical (unpaired) electrons. The molecule has 1 amide bonds. The molecule has 1 aromatic heterocycles. The van der Waals surface area contributed by atoms with Crippen LogP contribution in [-0.4, -0.2) is 12.5 Å². The van der Waals surface area contributed by atoms with Crippen molar-refractivity contribution in [3.63, 3.8) is 0 Å². The monoisotopic (exact) mass is 429 g/mol. The molecular formula is C27H31N3O2. The average molecular weight is 430 g/mol. The minimum atomic E-state index is -0.404. The predicted molar refractivity (Wildman–Crippen MR) is 126 cm³/mol. The van der Waals surface area contributed by atoms with Crippen molar-refractivity contribution >= 4 is 5.91 Å². The lowest BCUT2D eigenvalue weighted by Crippen LogP contribution is -2.43. The van der Waals surface area contributed by atoms with Crippen LogP contribution in [0.3, 0.4) is 0 Å². The average Bonchev–Trinajstić information content (AvgIpc) is 2.85. The van der Waals surface area contributed by atoms with E-state index in [0.717, 1.165) is 47.1 Å². The molecule has 0 saturated heterocycles. The fourth-order valence-corrected chi connectivity index (χ4v) is 4.60. The number of rotatable bonds is 7. The third-order valence-electron chi connectivity index (χ3n) is 6.56. The Morgan fingerprint density at radius 3 is 2.28 bits per heavy atom. The molecule has 2 aromatic carbocycles. The van der Waals surface area contributed by atoms with E-state index >= 15 is 0 Å². The zero-order valence-corrected chi connectivity index (χ0v) is 18.3. The van der Waals surface area contributed by atoms with Gasteiger partial charge < -0.3 is 16.3 Å². The molecule has 3 aromatic rings. The molecule has 0 aliphatic heterocycles. The molecule has 1 atom stereocenters. The van der Waals surface area contributed by atoms with Gasteiger partial charge in [0.1, 0.15) is 6.04 Å². The Morgan fingerprint density at radius 1 is 0.969 bits per heavy atom. The number of hydrogen-bond acceptors (Lipinski definition) is 3. The summed E-state index contributed by atoms with van der Waals surface area (Å²) in [5, 5.41) is 16.0. The van der Waals surface area contributed by atoms with Crippen LogP contribution in [0, 0.1) is 17.0 Å². The molecule has 1 heterocycles. The molecule has 1 aliphatic carbocycles. The first kappa shape index (κ1) is 22.0. The fraction of sp³-hybridized carbons (Fsp3) is 0.333. The van der Waals surface area contributed by atoms with Gasteiger partial charge in [-0.15, -0.1) is 0 Å². The van der Waals surface area contributed by atoms with Crippen molar-refractivity contribution < 1.29 is 9.52 Å². The molecule has 3 N–H and O–H groups in total. The van der Waals surface area contributed by atoms with E-state index in [1.165, 1.54) is 6.20 Å². The third-order valence-corrected chi connectivity index (χ3v) is 6.56. The molecule has 32 heavy (non-hydrogen) atoms. The molecular weight excluding hydrogens is 398 g/mol. The lowest BCUT2D eigenvalue weighted by Gasteiger charge is -2.28. The SMILES string of the molecule is NCC1CCC(C(=O)NC(Cc2ccccc2)c2cc(-c3ccccc3)cc[n+]2[O-])CC1. The van der Waals surface area contributed by atoms with Crippen LogP contribution >= 0.6 is 0 Å². The number of nitrogens with zero attached hydrogens (tertiary/aromatic N) is 1. The summed E-state index contributed by atoms with van der Waals surface area (Å²) in [6, 6.07) is 23.3. The summed E-state index contributed by atoms with van der Waals surface area (Å²) in [5.41, 5.74) is 9.44. The third kappa shape index (κ3) is 5.35. The van der Waals surface area contributed by atoms with E-state index in [9.17, 15) is 10.0 Å². The number of pyridine rings is 1. The summed E-state index contributed by atoms with van der Waals surface area (Å²) < 4.78 is 0.881. The number of amides is 1. The maximum Gasteiger partial charge on any atom is 0.223 e. The van der Waals surface area contributed by atoms with E-state index < -0.39 is 6.04 Å². The molecule has 1 saturated carbocycles. The van der Waals surface area contributed by atoms with E-state index in [1.807, 2.05) is 72.8 Å². The van der Waals surface area contributed by atoms with Crippen LogP contribution in [0.2, 0.25) is 0 Å². The normalized spacial score (nSPS) is 19.3. The van der Waals surface area contributed by atoms with Gasteiger partial charge in [0.05, 0.1) is 0 Å². The van der Waals surface area contributed by atoms with Crippen molar-refractivity contribution in [1.29, 1.82) is 0 Å². The van der Waals surface area contributed by atoms with Crippen molar-refractivity contribution in [3.05, 3.63) is 95.5 Å². The topological polar surface area (TPSA) is 82.1 Å². The Labute approximate surface area is 189 Å². The van der Waals surface area contributed by atoms with Crippen LogP contribution in [0.4, 0.5) is 0 Å². The molecule has 5 nitrogen and oxygen atoms in total. The van der Waals surface area contributed by atoms with Crippen molar-refractivity contribution in [2.45, 2.75) is 38.1 Å². The minimum Gasteiger partial charge on any atom is -0.618 e. The number of benzene rings is 2. The van der Waals surface area contributed by atoms with Crippen molar-refractivity contribution in [2.75, 3.05) is 6.54 Å². The summed E-state index contributed by atoms with van der Waals surface area (Å²) in [7, 11) is 0. The van der Waals surface area contributed by atoms with Gasteiger partial charge in [0, 0.05) is 24.5 Å². The highest BCUT2D eigenvalue weighted by molar-refractivity contribution is 5.79. The smallest absolute Gasteiger partial charge is 0.223 e. The zero-order valence-electron chi connectivity index (χ0n) is 18.3. The molecule has 1 aliphatic rings. The molecule has 1 fully saturated rings.